The first-order valence-electron chi connectivity index (χ1n) is 4.36. The second-order valence-electron chi connectivity index (χ2n) is 3.14. The van der Waals surface area contributed by atoms with Gasteiger partial charge in [0.05, 0.1) is 11.1 Å². The molecule has 1 aliphatic rings. The van der Waals surface area contributed by atoms with Gasteiger partial charge in [0, 0.05) is 18.7 Å². The highest BCUT2D eigenvalue weighted by atomic mass is 79.9. The molecule has 2 rings (SSSR count). The summed E-state index contributed by atoms with van der Waals surface area (Å²) in [7, 11) is 0. The number of aromatic nitrogens is 2. The minimum absolute atomic E-state index is 0.0387. The Labute approximate surface area is 89.8 Å². The third-order valence-electron chi connectivity index (χ3n) is 2.20. The lowest BCUT2D eigenvalue weighted by atomic mass is 10.0. The number of carbonyl (C=O) groups excluding carboxylic acids is 1. The van der Waals surface area contributed by atoms with E-state index in [0.717, 1.165) is 6.42 Å². The largest absolute Gasteiger partial charge is 0.381 e. The van der Waals surface area contributed by atoms with Crippen molar-refractivity contribution in [1.82, 2.24) is 9.97 Å². The van der Waals surface area contributed by atoms with Crippen molar-refractivity contribution in [2.45, 2.75) is 6.42 Å². The fraction of sp³-hybridized carbons (Fsp3) is 0.444. The van der Waals surface area contributed by atoms with E-state index >= 15 is 0 Å². The topological polar surface area (TPSA) is 52.1 Å². The first-order chi connectivity index (χ1) is 6.79. The molecule has 1 saturated heterocycles. The van der Waals surface area contributed by atoms with Crippen molar-refractivity contribution in [3.63, 3.8) is 0 Å². The second-order valence-corrected chi connectivity index (χ2v) is 4.00. The van der Waals surface area contributed by atoms with Crippen molar-refractivity contribution in [2.75, 3.05) is 13.2 Å². The van der Waals surface area contributed by atoms with Crippen molar-refractivity contribution >= 4 is 21.7 Å². The highest BCUT2D eigenvalue weighted by molar-refractivity contribution is 9.10. The molecule has 1 atom stereocenters. The van der Waals surface area contributed by atoms with Crippen molar-refractivity contribution in [3.8, 4) is 0 Å². The maximum absolute atomic E-state index is 11.9. The molecular weight excluding hydrogens is 248 g/mol. The van der Waals surface area contributed by atoms with Gasteiger partial charge in [-0.2, -0.15) is 0 Å². The molecule has 0 N–H and O–H groups in total. The number of carbonyl (C=O) groups is 1. The molecule has 1 aromatic heterocycles. The van der Waals surface area contributed by atoms with Crippen LogP contribution in [-0.2, 0) is 4.74 Å². The third kappa shape index (κ3) is 1.83. The van der Waals surface area contributed by atoms with E-state index in [0.29, 0.717) is 23.4 Å². The van der Waals surface area contributed by atoms with Gasteiger partial charge in [0.15, 0.2) is 5.78 Å². The Morgan fingerprint density at radius 1 is 1.64 bits per heavy atom. The van der Waals surface area contributed by atoms with E-state index in [2.05, 4.69) is 25.9 Å². The average molecular weight is 257 g/mol. The van der Waals surface area contributed by atoms with Crippen LogP contribution in [0.1, 0.15) is 16.9 Å². The summed E-state index contributed by atoms with van der Waals surface area (Å²) in [6.45, 7) is 1.17. The van der Waals surface area contributed by atoms with Gasteiger partial charge in [0.1, 0.15) is 12.0 Å². The summed E-state index contributed by atoms with van der Waals surface area (Å²) in [4.78, 5) is 19.6. The summed E-state index contributed by atoms with van der Waals surface area (Å²) in [6, 6.07) is 0. The maximum Gasteiger partial charge on any atom is 0.187 e. The van der Waals surface area contributed by atoms with Crippen LogP contribution in [0.3, 0.4) is 0 Å². The predicted octanol–water partition coefficient (Wildman–Crippen LogP) is 1.46. The van der Waals surface area contributed by atoms with E-state index in [1.807, 2.05) is 0 Å². The van der Waals surface area contributed by atoms with E-state index in [9.17, 15) is 4.79 Å². The quantitative estimate of drug-likeness (QED) is 0.752. The van der Waals surface area contributed by atoms with Crippen LogP contribution in [0.5, 0.6) is 0 Å². The Morgan fingerprint density at radius 2 is 2.50 bits per heavy atom. The number of ketones is 1. The average Bonchev–Trinajstić information content (AvgIpc) is 2.70. The van der Waals surface area contributed by atoms with Gasteiger partial charge < -0.3 is 4.74 Å². The Morgan fingerprint density at radius 3 is 3.14 bits per heavy atom. The smallest absolute Gasteiger partial charge is 0.187 e. The molecule has 74 valence electrons. The van der Waals surface area contributed by atoms with Gasteiger partial charge in [-0.05, 0) is 22.4 Å². The van der Waals surface area contributed by atoms with Crippen LogP contribution < -0.4 is 0 Å². The van der Waals surface area contributed by atoms with Gasteiger partial charge in [0.2, 0.25) is 0 Å². The Kier molecular flexibility index (Phi) is 2.88. The molecule has 4 nitrogen and oxygen atoms in total. The minimum atomic E-state index is -0.0406. The predicted molar refractivity (Wildman–Crippen MR) is 53.0 cm³/mol. The van der Waals surface area contributed by atoms with Crippen molar-refractivity contribution in [2.24, 2.45) is 5.92 Å². The minimum Gasteiger partial charge on any atom is -0.381 e. The number of rotatable bonds is 2. The monoisotopic (exact) mass is 256 g/mol. The summed E-state index contributed by atoms with van der Waals surface area (Å²) in [6.07, 6.45) is 3.75. The van der Waals surface area contributed by atoms with Gasteiger partial charge in [-0.1, -0.05) is 0 Å². The van der Waals surface area contributed by atoms with Gasteiger partial charge in [-0.25, -0.2) is 9.97 Å². The molecule has 14 heavy (non-hydrogen) atoms. The number of ether oxygens (including phenoxy) is 1. The first-order valence-corrected chi connectivity index (χ1v) is 5.16. The summed E-state index contributed by atoms with van der Waals surface area (Å²) >= 11 is 3.26. The van der Waals surface area contributed by atoms with Crippen LogP contribution in [0.4, 0.5) is 0 Å². The summed E-state index contributed by atoms with van der Waals surface area (Å²) in [5, 5.41) is 0. The Hall–Kier alpha value is -0.810. The van der Waals surface area contributed by atoms with Gasteiger partial charge in [-0.3, -0.25) is 4.79 Å². The van der Waals surface area contributed by atoms with E-state index in [1.54, 1.807) is 6.20 Å². The van der Waals surface area contributed by atoms with Crippen molar-refractivity contribution in [1.29, 1.82) is 0 Å². The molecule has 1 fully saturated rings. The molecular formula is C9H9BrN2O2. The van der Waals surface area contributed by atoms with Crippen molar-refractivity contribution in [3.05, 3.63) is 22.7 Å². The molecule has 2 heterocycles. The molecule has 0 aliphatic carbocycles. The lowest BCUT2D eigenvalue weighted by Gasteiger charge is -2.06. The van der Waals surface area contributed by atoms with Gasteiger partial charge in [-0.15, -0.1) is 0 Å². The van der Waals surface area contributed by atoms with Crippen LogP contribution in [0, 0.1) is 5.92 Å². The number of hydrogen-bond acceptors (Lipinski definition) is 4. The zero-order valence-electron chi connectivity index (χ0n) is 7.44. The van der Waals surface area contributed by atoms with Crippen molar-refractivity contribution < 1.29 is 9.53 Å². The van der Waals surface area contributed by atoms with E-state index in [-0.39, 0.29) is 11.7 Å². The Balaban J connectivity index is 2.22. The highest BCUT2D eigenvalue weighted by Crippen LogP contribution is 2.21. The molecule has 1 aromatic rings. The molecule has 0 amide bonds. The van der Waals surface area contributed by atoms with Crippen LogP contribution >= 0.6 is 15.9 Å². The number of nitrogens with zero attached hydrogens (tertiary/aromatic N) is 2. The molecule has 0 bridgehead atoms. The summed E-state index contributed by atoms with van der Waals surface area (Å²) in [5.74, 6) is -0.00187. The normalized spacial score (nSPS) is 21.1. The number of Topliss-reactive ketones (excluding diaryl/α,β-unsaturated/α-hetero) is 1. The number of halogens is 1. The fourth-order valence-corrected chi connectivity index (χ4v) is 1.84. The highest BCUT2D eigenvalue weighted by Gasteiger charge is 2.26. The number of hydrogen-bond donors (Lipinski definition) is 0. The zero-order chi connectivity index (χ0) is 9.97. The lowest BCUT2D eigenvalue weighted by Crippen LogP contribution is -2.16. The SMILES string of the molecule is O=C(c1ncncc1Br)C1CCOC1. The van der Waals surface area contributed by atoms with Crippen LogP contribution in [0.15, 0.2) is 17.0 Å². The van der Waals surface area contributed by atoms with E-state index in [4.69, 9.17) is 4.74 Å². The Bertz CT molecular complexity index is 350. The van der Waals surface area contributed by atoms with Gasteiger partial charge in [0.25, 0.3) is 0 Å². The first kappa shape index (κ1) is 9.73. The zero-order valence-corrected chi connectivity index (χ0v) is 9.03. The lowest BCUT2D eigenvalue weighted by molar-refractivity contribution is 0.0894. The molecule has 1 unspecified atom stereocenters. The van der Waals surface area contributed by atoms with E-state index < -0.39 is 0 Å². The van der Waals surface area contributed by atoms with Crippen LogP contribution in [0.2, 0.25) is 0 Å². The molecule has 0 radical (unpaired) electrons. The molecule has 0 saturated carbocycles. The molecule has 0 spiro atoms. The standard InChI is InChI=1S/C9H9BrN2O2/c10-7-3-11-5-12-8(7)9(13)6-1-2-14-4-6/h3,5-6H,1-2,4H2. The molecule has 1 aliphatic heterocycles. The summed E-state index contributed by atoms with van der Waals surface area (Å²) in [5.41, 5.74) is 0.454. The maximum atomic E-state index is 11.9. The second kappa shape index (κ2) is 4.14. The molecule has 5 heteroatoms. The van der Waals surface area contributed by atoms with Gasteiger partial charge >= 0.3 is 0 Å². The third-order valence-corrected chi connectivity index (χ3v) is 2.78. The molecule has 0 aromatic carbocycles. The summed E-state index contributed by atoms with van der Waals surface area (Å²) < 4.78 is 5.81. The van der Waals surface area contributed by atoms with Crippen LogP contribution in [-0.4, -0.2) is 29.0 Å². The van der Waals surface area contributed by atoms with E-state index in [1.165, 1.54) is 6.33 Å². The fourth-order valence-electron chi connectivity index (χ4n) is 1.43. The van der Waals surface area contributed by atoms with Crippen LogP contribution in [0.25, 0.3) is 0 Å².